The molecule has 0 fully saturated rings. The van der Waals surface area contributed by atoms with Crippen LogP contribution in [-0.4, -0.2) is 25.4 Å². The molecule has 8 heteroatoms. The van der Waals surface area contributed by atoms with Crippen molar-refractivity contribution in [2.45, 2.75) is 6.54 Å². The number of nitrogens with zero attached hydrogens (tertiary/aromatic N) is 4. The van der Waals surface area contributed by atoms with Crippen LogP contribution in [0.5, 0.6) is 0 Å². The fraction of sp³-hybridized carbons (Fsp3) is 0.0476. The highest BCUT2D eigenvalue weighted by Gasteiger charge is 2.13. The van der Waals surface area contributed by atoms with Crippen LogP contribution in [0.15, 0.2) is 66.6 Å². The Bertz CT molecular complexity index is 1140. The minimum absolute atomic E-state index is 0.228. The molecule has 0 unspecified atom stereocenters. The lowest BCUT2D eigenvalue weighted by Gasteiger charge is -2.08. The topological polar surface area (TPSA) is 72.7 Å². The molecule has 4 heterocycles. The SMILES string of the molecule is O=C(Nc1nc(/C=C/c2ccc(F)cn2)cs1)c1cccn1Cc1ccncc1. The summed E-state index contributed by atoms with van der Waals surface area (Å²) in [6, 6.07) is 10.4. The average Bonchev–Trinajstić information content (AvgIpc) is 3.38. The molecule has 4 aromatic heterocycles. The molecule has 1 amide bonds. The molecular formula is C21H16FN5OS. The molecule has 0 bridgehead atoms. The molecule has 0 aliphatic carbocycles. The Morgan fingerprint density at radius 2 is 1.97 bits per heavy atom. The first-order valence-corrected chi connectivity index (χ1v) is 9.66. The van der Waals surface area contributed by atoms with Gasteiger partial charge in [0.2, 0.25) is 0 Å². The lowest BCUT2D eigenvalue weighted by Crippen LogP contribution is -2.17. The molecule has 0 aliphatic heterocycles. The molecule has 0 saturated carbocycles. The smallest absolute Gasteiger partial charge is 0.274 e. The van der Waals surface area contributed by atoms with Gasteiger partial charge in [-0.15, -0.1) is 11.3 Å². The molecule has 1 N–H and O–H groups in total. The summed E-state index contributed by atoms with van der Waals surface area (Å²) in [6.07, 6.45) is 9.97. The quantitative estimate of drug-likeness (QED) is 0.518. The van der Waals surface area contributed by atoms with Crippen molar-refractivity contribution in [1.29, 1.82) is 0 Å². The van der Waals surface area contributed by atoms with Crippen LogP contribution in [0.2, 0.25) is 0 Å². The van der Waals surface area contributed by atoms with Gasteiger partial charge in [-0.2, -0.15) is 0 Å². The standard InChI is InChI=1S/C21H16FN5OS/c22-16-3-4-17(24-12-16)5-6-18-14-29-21(25-18)26-20(28)19-2-1-11-27(19)13-15-7-9-23-10-8-15/h1-12,14H,13H2,(H,25,26,28)/b6-5+. The fourth-order valence-corrected chi connectivity index (χ4v) is 3.35. The maximum absolute atomic E-state index is 12.9. The second-order valence-corrected chi connectivity index (χ2v) is 7.00. The van der Waals surface area contributed by atoms with Crippen LogP contribution in [0, 0.1) is 5.82 Å². The van der Waals surface area contributed by atoms with Crippen molar-refractivity contribution >= 4 is 34.5 Å². The lowest BCUT2D eigenvalue weighted by molar-refractivity contribution is 0.101. The molecule has 0 aliphatic rings. The van der Waals surface area contributed by atoms with Crippen LogP contribution in [0.3, 0.4) is 0 Å². The van der Waals surface area contributed by atoms with E-state index in [1.54, 1.807) is 36.7 Å². The van der Waals surface area contributed by atoms with E-state index in [2.05, 4.69) is 20.3 Å². The van der Waals surface area contributed by atoms with E-state index in [-0.39, 0.29) is 11.7 Å². The van der Waals surface area contributed by atoms with Crippen molar-refractivity contribution in [1.82, 2.24) is 19.5 Å². The monoisotopic (exact) mass is 405 g/mol. The Kier molecular flexibility index (Phi) is 5.53. The summed E-state index contributed by atoms with van der Waals surface area (Å²) in [5.41, 5.74) is 2.91. The van der Waals surface area contributed by atoms with Gasteiger partial charge >= 0.3 is 0 Å². The minimum Gasteiger partial charge on any atom is -0.339 e. The Hall–Kier alpha value is -3.65. The van der Waals surface area contributed by atoms with E-state index in [9.17, 15) is 9.18 Å². The number of hydrogen-bond acceptors (Lipinski definition) is 5. The van der Waals surface area contributed by atoms with E-state index in [0.29, 0.717) is 28.8 Å². The third-order valence-electron chi connectivity index (χ3n) is 4.08. The summed E-state index contributed by atoms with van der Waals surface area (Å²) >= 11 is 1.33. The first-order valence-electron chi connectivity index (χ1n) is 8.78. The number of rotatable bonds is 6. The third-order valence-corrected chi connectivity index (χ3v) is 4.86. The number of carbonyl (C=O) groups excluding carboxylic acids is 1. The van der Waals surface area contributed by atoms with Crippen LogP contribution in [0.4, 0.5) is 9.52 Å². The van der Waals surface area contributed by atoms with Crippen molar-refractivity contribution < 1.29 is 9.18 Å². The number of carbonyl (C=O) groups is 1. The van der Waals surface area contributed by atoms with Crippen molar-refractivity contribution in [2.24, 2.45) is 0 Å². The predicted octanol–water partition coefficient (Wildman–Crippen LogP) is 4.34. The normalized spacial score (nSPS) is 11.1. The van der Waals surface area contributed by atoms with Crippen LogP contribution < -0.4 is 5.32 Å². The predicted molar refractivity (Wildman–Crippen MR) is 111 cm³/mol. The first kappa shape index (κ1) is 18.7. The molecule has 0 spiro atoms. The highest BCUT2D eigenvalue weighted by atomic mass is 32.1. The van der Waals surface area contributed by atoms with Gasteiger partial charge in [0, 0.05) is 30.5 Å². The highest BCUT2D eigenvalue weighted by molar-refractivity contribution is 7.14. The Morgan fingerprint density at radius 3 is 2.76 bits per heavy atom. The Morgan fingerprint density at radius 1 is 1.14 bits per heavy atom. The van der Waals surface area contributed by atoms with E-state index >= 15 is 0 Å². The van der Waals surface area contributed by atoms with Crippen LogP contribution in [0.1, 0.15) is 27.4 Å². The number of thiazole rings is 1. The van der Waals surface area contributed by atoms with Gasteiger partial charge in [-0.25, -0.2) is 9.37 Å². The number of hydrogen-bond donors (Lipinski definition) is 1. The van der Waals surface area contributed by atoms with E-state index in [1.807, 2.05) is 34.3 Å². The van der Waals surface area contributed by atoms with Gasteiger partial charge < -0.3 is 4.57 Å². The van der Waals surface area contributed by atoms with Gasteiger partial charge in [-0.1, -0.05) is 0 Å². The van der Waals surface area contributed by atoms with Crippen LogP contribution in [-0.2, 0) is 6.54 Å². The van der Waals surface area contributed by atoms with Crippen molar-refractivity contribution in [2.75, 3.05) is 5.32 Å². The number of pyridine rings is 2. The largest absolute Gasteiger partial charge is 0.339 e. The number of nitrogens with one attached hydrogen (secondary N) is 1. The first-order chi connectivity index (χ1) is 14.2. The van der Waals surface area contributed by atoms with Gasteiger partial charge in [-0.05, 0) is 54.1 Å². The van der Waals surface area contributed by atoms with Gasteiger partial charge in [-0.3, -0.25) is 20.1 Å². The molecule has 0 radical (unpaired) electrons. The van der Waals surface area contributed by atoms with Crippen molar-refractivity contribution in [3.8, 4) is 0 Å². The molecule has 29 heavy (non-hydrogen) atoms. The zero-order valence-electron chi connectivity index (χ0n) is 15.2. The van der Waals surface area contributed by atoms with Gasteiger partial charge in [0.25, 0.3) is 5.91 Å². The molecule has 0 atom stereocenters. The highest BCUT2D eigenvalue weighted by Crippen LogP contribution is 2.19. The molecule has 4 aromatic rings. The average molecular weight is 405 g/mol. The van der Waals surface area contributed by atoms with Crippen molar-refractivity contribution in [3.63, 3.8) is 0 Å². The van der Waals surface area contributed by atoms with E-state index in [1.165, 1.54) is 17.4 Å². The van der Waals surface area contributed by atoms with Crippen molar-refractivity contribution in [3.05, 3.63) is 95.0 Å². The minimum atomic E-state index is -0.380. The molecule has 0 saturated heterocycles. The number of aromatic nitrogens is 4. The zero-order valence-corrected chi connectivity index (χ0v) is 16.0. The summed E-state index contributed by atoms with van der Waals surface area (Å²) in [7, 11) is 0. The summed E-state index contributed by atoms with van der Waals surface area (Å²) in [5.74, 6) is -0.608. The molecule has 6 nitrogen and oxygen atoms in total. The molecule has 4 rings (SSSR count). The van der Waals surface area contributed by atoms with Gasteiger partial charge in [0.15, 0.2) is 5.13 Å². The van der Waals surface area contributed by atoms with E-state index < -0.39 is 0 Å². The molecule has 144 valence electrons. The maximum atomic E-state index is 12.9. The summed E-state index contributed by atoms with van der Waals surface area (Å²) in [6.45, 7) is 0.578. The fourth-order valence-electron chi connectivity index (χ4n) is 2.68. The maximum Gasteiger partial charge on any atom is 0.274 e. The lowest BCUT2D eigenvalue weighted by atomic mass is 10.2. The summed E-state index contributed by atoms with van der Waals surface area (Å²) in [4.78, 5) is 25.0. The van der Waals surface area contributed by atoms with Gasteiger partial charge in [0.05, 0.1) is 17.6 Å². The molecule has 0 aromatic carbocycles. The Labute approximate surface area is 170 Å². The third kappa shape index (κ3) is 4.80. The van der Waals surface area contributed by atoms with E-state index in [0.717, 1.165) is 11.8 Å². The number of anilines is 1. The van der Waals surface area contributed by atoms with Crippen LogP contribution >= 0.6 is 11.3 Å². The Balaban J connectivity index is 1.42. The van der Waals surface area contributed by atoms with Crippen LogP contribution in [0.25, 0.3) is 12.2 Å². The second kappa shape index (κ2) is 8.57. The molecular weight excluding hydrogens is 389 g/mol. The number of halogens is 1. The van der Waals surface area contributed by atoms with E-state index in [4.69, 9.17) is 0 Å². The second-order valence-electron chi connectivity index (χ2n) is 6.14. The number of amides is 1. The zero-order chi connectivity index (χ0) is 20.1. The van der Waals surface area contributed by atoms with Gasteiger partial charge in [0.1, 0.15) is 11.5 Å². The summed E-state index contributed by atoms with van der Waals surface area (Å²) in [5, 5.41) is 5.16. The summed E-state index contributed by atoms with van der Waals surface area (Å²) < 4.78 is 14.8.